The fraction of sp³-hybridized carbons (Fsp3) is 0.625. The maximum atomic E-state index is 11.6. The van der Waals surface area contributed by atoms with Gasteiger partial charge in [0.05, 0.1) is 15.7 Å². The topological polar surface area (TPSA) is 71.1 Å². The van der Waals surface area contributed by atoms with Crippen molar-refractivity contribution in [2.24, 2.45) is 0 Å². The summed E-state index contributed by atoms with van der Waals surface area (Å²) in [4.78, 5) is 3.91. The molecule has 0 aliphatic carbocycles. The number of rotatable bonds is 6. The maximum absolute atomic E-state index is 11.6. The number of hydrogen-bond donors (Lipinski definition) is 2. The Bertz CT molecular complexity index is 430. The fourth-order valence-corrected chi connectivity index (χ4v) is 3.28. The molecule has 0 fully saturated rings. The first-order valence-electron chi connectivity index (χ1n) is 4.74. The summed E-state index contributed by atoms with van der Waals surface area (Å²) in [6.45, 7) is 4.37. The number of nitrogens with one attached hydrogen (secondary N) is 2. The number of anilines is 1. The number of hydrogen-bond acceptors (Lipinski definition) is 5. The Labute approximate surface area is 108 Å². The monoisotopic (exact) mass is 327 g/mol. The van der Waals surface area contributed by atoms with Gasteiger partial charge in [-0.25, -0.2) is 13.4 Å². The minimum Gasteiger partial charge on any atom is -0.313 e. The van der Waals surface area contributed by atoms with Crippen LogP contribution in [0, 0.1) is 0 Å². The molecule has 16 heavy (non-hydrogen) atoms. The minimum atomic E-state index is -3.30. The zero-order chi connectivity index (χ0) is 12.2. The molecule has 0 unspecified atom stereocenters. The summed E-state index contributed by atoms with van der Waals surface area (Å²) < 4.78 is 26.4. The molecule has 0 bridgehead atoms. The van der Waals surface area contributed by atoms with Gasteiger partial charge >= 0.3 is 0 Å². The van der Waals surface area contributed by atoms with Crippen molar-refractivity contribution in [2.75, 3.05) is 17.0 Å². The summed E-state index contributed by atoms with van der Waals surface area (Å²) in [5.74, 6) is 0.0440. The van der Waals surface area contributed by atoms with Gasteiger partial charge in [-0.15, -0.1) is 0 Å². The molecule has 0 saturated heterocycles. The van der Waals surface area contributed by atoms with Crippen LogP contribution in [-0.2, 0) is 10.0 Å². The van der Waals surface area contributed by atoms with Gasteiger partial charge in [0.15, 0.2) is 5.13 Å². The first-order chi connectivity index (χ1) is 7.39. The number of sulfonamides is 1. The lowest BCUT2D eigenvalue weighted by atomic mass is 10.4. The van der Waals surface area contributed by atoms with Gasteiger partial charge in [0, 0.05) is 12.6 Å². The van der Waals surface area contributed by atoms with Crippen LogP contribution in [0.15, 0.2) is 9.98 Å². The van der Waals surface area contributed by atoms with Crippen molar-refractivity contribution >= 4 is 42.4 Å². The molecule has 0 atom stereocenters. The predicted molar refractivity (Wildman–Crippen MR) is 70.4 cm³/mol. The predicted octanol–water partition coefficient (Wildman–Crippen LogP) is 1.65. The second-order valence-corrected chi connectivity index (χ2v) is 7.75. The second kappa shape index (κ2) is 5.95. The van der Waals surface area contributed by atoms with Crippen molar-refractivity contribution in [1.82, 2.24) is 10.3 Å². The van der Waals surface area contributed by atoms with Gasteiger partial charge in [-0.1, -0.05) is 25.2 Å². The van der Waals surface area contributed by atoms with Crippen LogP contribution in [-0.4, -0.2) is 31.7 Å². The molecule has 8 heteroatoms. The molecule has 2 N–H and O–H groups in total. The largest absolute Gasteiger partial charge is 0.313 e. The second-order valence-electron chi connectivity index (χ2n) is 3.50. The highest BCUT2D eigenvalue weighted by molar-refractivity contribution is 9.11. The van der Waals surface area contributed by atoms with Gasteiger partial charge in [-0.05, 0) is 15.9 Å². The highest BCUT2D eigenvalue weighted by atomic mass is 79.9. The molecular weight excluding hydrogens is 314 g/mol. The van der Waals surface area contributed by atoms with Crippen LogP contribution in [0.3, 0.4) is 0 Å². The standard InChI is InChI=1S/C8H14BrN3O2S2/c1-6(2)10-3-4-16(13,14)12-8-11-5-7(9)15-8/h5-6,10H,3-4H2,1-2H3,(H,11,12). The van der Waals surface area contributed by atoms with E-state index < -0.39 is 10.0 Å². The summed E-state index contributed by atoms with van der Waals surface area (Å²) in [5, 5.41) is 3.43. The molecule has 1 aromatic heterocycles. The molecule has 0 saturated carbocycles. The molecule has 0 spiro atoms. The van der Waals surface area contributed by atoms with Gasteiger partial charge in [-0.2, -0.15) is 0 Å². The Morgan fingerprint density at radius 2 is 2.25 bits per heavy atom. The molecular formula is C8H14BrN3O2S2. The first-order valence-corrected chi connectivity index (χ1v) is 8.00. The average Bonchev–Trinajstić information content (AvgIpc) is 2.48. The molecule has 0 radical (unpaired) electrons. The van der Waals surface area contributed by atoms with Crippen molar-refractivity contribution in [3.63, 3.8) is 0 Å². The SMILES string of the molecule is CC(C)NCCS(=O)(=O)Nc1ncc(Br)s1. The van der Waals surface area contributed by atoms with Crippen LogP contribution in [0.2, 0.25) is 0 Å². The van der Waals surface area contributed by atoms with Gasteiger partial charge in [0.2, 0.25) is 10.0 Å². The van der Waals surface area contributed by atoms with E-state index in [4.69, 9.17) is 0 Å². The Hall–Kier alpha value is -0.180. The van der Waals surface area contributed by atoms with Crippen LogP contribution in [0.4, 0.5) is 5.13 Å². The molecule has 0 aliphatic rings. The van der Waals surface area contributed by atoms with Gasteiger partial charge in [0.1, 0.15) is 0 Å². The summed E-state index contributed by atoms with van der Waals surface area (Å²) in [7, 11) is -3.30. The molecule has 1 aromatic rings. The van der Waals surface area contributed by atoms with Crippen LogP contribution in [0.25, 0.3) is 0 Å². The number of nitrogens with zero attached hydrogens (tertiary/aromatic N) is 1. The van der Waals surface area contributed by atoms with E-state index in [0.717, 1.165) is 3.79 Å². The zero-order valence-corrected chi connectivity index (χ0v) is 12.2. The highest BCUT2D eigenvalue weighted by Crippen LogP contribution is 2.23. The van der Waals surface area contributed by atoms with Crippen LogP contribution < -0.4 is 10.0 Å². The van der Waals surface area contributed by atoms with E-state index in [-0.39, 0.29) is 11.8 Å². The van der Waals surface area contributed by atoms with Gasteiger partial charge in [0.25, 0.3) is 0 Å². The summed E-state index contributed by atoms with van der Waals surface area (Å²) in [5.41, 5.74) is 0. The Balaban J connectivity index is 2.46. The third kappa shape index (κ3) is 5.24. The van der Waals surface area contributed by atoms with E-state index in [1.165, 1.54) is 11.3 Å². The highest BCUT2D eigenvalue weighted by Gasteiger charge is 2.12. The lowest BCUT2D eigenvalue weighted by Gasteiger charge is -2.08. The van der Waals surface area contributed by atoms with E-state index in [1.54, 1.807) is 6.20 Å². The van der Waals surface area contributed by atoms with Crippen molar-refractivity contribution in [3.05, 3.63) is 9.98 Å². The smallest absolute Gasteiger partial charge is 0.235 e. The quantitative estimate of drug-likeness (QED) is 0.833. The Morgan fingerprint density at radius 3 is 2.75 bits per heavy atom. The van der Waals surface area contributed by atoms with E-state index in [0.29, 0.717) is 11.7 Å². The Kier molecular flexibility index (Phi) is 5.16. The average molecular weight is 328 g/mol. The van der Waals surface area contributed by atoms with E-state index in [9.17, 15) is 8.42 Å². The van der Waals surface area contributed by atoms with E-state index in [2.05, 4.69) is 31.0 Å². The van der Waals surface area contributed by atoms with Crippen molar-refractivity contribution in [1.29, 1.82) is 0 Å². The summed E-state index contributed by atoms with van der Waals surface area (Å²) in [6, 6.07) is 0.282. The van der Waals surface area contributed by atoms with Crippen LogP contribution >= 0.6 is 27.3 Å². The first kappa shape index (κ1) is 13.9. The molecule has 0 aliphatic heterocycles. The molecule has 0 amide bonds. The molecule has 1 rings (SSSR count). The number of aromatic nitrogens is 1. The maximum Gasteiger partial charge on any atom is 0.235 e. The third-order valence-corrected chi connectivity index (χ3v) is 4.41. The third-order valence-electron chi connectivity index (χ3n) is 1.64. The number of thiazole rings is 1. The molecule has 1 heterocycles. The summed E-state index contributed by atoms with van der Waals surface area (Å²) >= 11 is 4.47. The molecule has 92 valence electrons. The summed E-state index contributed by atoms with van der Waals surface area (Å²) in [6.07, 6.45) is 1.56. The van der Waals surface area contributed by atoms with Crippen molar-refractivity contribution in [3.8, 4) is 0 Å². The normalized spacial score (nSPS) is 12.0. The van der Waals surface area contributed by atoms with Gasteiger partial charge < -0.3 is 5.32 Å². The molecule has 5 nitrogen and oxygen atoms in total. The van der Waals surface area contributed by atoms with Crippen molar-refractivity contribution < 1.29 is 8.42 Å². The zero-order valence-electron chi connectivity index (χ0n) is 9.03. The van der Waals surface area contributed by atoms with Crippen LogP contribution in [0.1, 0.15) is 13.8 Å². The Morgan fingerprint density at radius 1 is 1.56 bits per heavy atom. The van der Waals surface area contributed by atoms with Crippen LogP contribution in [0.5, 0.6) is 0 Å². The fourth-order valence-electron chi connectivity index (χ4n) is 0.968. The lowest BCUT2D eigenvalue weighted by Crippen LogP contribution is -2.30. The van der Waals surface area contributed by atoms with E-state index in [1.807, 2.05) is 13.8 Å². The number of halogens is 1. The van der Waals surface area contributed by atoms with E-state index >= 15 is 0 Å². The minimum absolute atomic E-state index is 0.0440. The van der Waals surface area contributed by atoms with Crippen molar-refractivity contribution in [2.45, 2.75) is 19.9 Å². The lowest BCUT2D eigenvalue weighted by molar-refractivity contribution is 0.582. The molecule has 0 aromatic carbocycles. The van der Waals surface area contributed by atoms with Gasteiger partial charge in [-0.3, -0.25) is 4.72 Å².